The molecule has 144 valence electrons. The molecule has 1 heterocycles. The van der Waals surface area contributed by atoms with Crippen LogP contribution in [0.25, 0.3) is 0 Å². The van der Waals surface area contributed by atoms with Crippen LogP contribution in [0.2, 0.25) is 0 Å². The molecule has 8 heteroatoms. The number of hydrogen-bond donors (Lipinski definition) is 3. The van der Waals surface area contributed by atoms with Crippen LogP contribution in [-0.2, 0) is 19.1 Å². The monoisotopic (exact) mass is 366 g/mol. The van der Waals surface area contributed by atoms with E-state index in [1.807, 2.05) is 0 Å². The van der Waals surface area contributed by atoms with Crippen LogP contribution < -0.4 is 15.4 Å². The summed E-state index contributed by atoms with van der Waals surface area (Å²) in [7, 11) is 1.63. The normalized spacial score (nSPS) is 16.0. The van der Waals surface area contributed by atoms with Gasteiger partial charge >= 0.3 is 5.97 Å². The Labute approximate surface area is 152 Å². The summed E-state index contributed by atoms with van der Waals surface area (Å²) >= 11 is 0. The van der Waals surface area contributed by atoms with Crippen molar-refractivity contribution in [3.63, 3.8) is 0 Å². The number of benzene rings is 1. The number of fused-ring (bicyclic) bond motifs is 1. The number of aromatic hydroxyl groups is 1. The van der Waals surface area contributed by atoms with Crippen LogP contribution in [0.4, 0.5) is 0 Å². The molecule has 0 saturated carbocycles. The van der Waals surface area contributed by atoms with Crippen molar-refractivity contribution in [3.8, 4) is 11.5 Å². The van der Waals surface area contributed by atoms with Crippen LogP contribution >= 0.6 is 0 Å². The second-order valence-corrected chi connectivity index (χ2v) is 6.01. The van der Waals surface area contributed by atoms with Gasteiger partial charge in [-0.25, -0.2) is 0 Å². The first kappa shape index (κ1) is 20.2. The van der Waals surface area contributed by atoms with Crippen molar-refractivity contribution < 1.29 is 28.9 Å². The van der Waals surface area contributed by atoms with Gasteiger partial charge in [-0.05, 0) is 11.6 Å². The molecule has 0 aliphatic carbocycles. The Morgan fingerprint density at radius 1 is 1.27 bits per heavy atom. The van der Waals surface area contributed by atoms with Gasteiger partial charge in [-0.2, -0.15) is 0 Å². The number of carbonyl (C=O) groups excluding carboxylic acids is 2. The summed E-state index contributed by atoms with van der Waals surface area (Å²) in [6.45, 7) is 3.56. The van der Waals surface area contributed by atoms with Gasteiger partial charge in [0.25, 0.3) is 0 Å². The standard InChI is InChI=1S/C18H26N2O6/c1-24-8-9-25-7-6-19-4-5-20-17(22)10-13-11-18(23)26-16-12-14(21)2-3-15(13)16/h2-3,12-13,19,21H,4-11H2,1H3,(H,20,22). The van der Waals surface area contributed by atoms with Gasteiger partial charge in [-0.15, -0.1) is 0 Å². The number of amides is 1. The van der Waals surface area contributed by atoms with Crippen molar-refractivity contribution in [2.24, 2.45) is 0 Å². The van der Waals surface area contributed by atoms with E-state index in [0.717, 1.165) is 5.56 Å². The minimum absolute atomic E-state index is 0.0268. The van der Waals surface area contributed by atoms with E-state index in [0.29, 0.717) is 45.2 Å². The molecular weight excluding hydrogens is 340 g/mol. The topological polar surface area (TPSA) is 106 Å². The summed E-state index contributed by atoms with van der Waals surface area (Å²) in [6.07, 6.45) is 0.356. The number of hydrogen-bond acceptors (Lipinski definition) is 7. The third-order valence-electron chi connectivity index (χ3n) is 3.98. The molecule has 1 unspecified atom stereocenters. The molecule has 0 fully saturated rings. The van der Waals surface area contributed by atoms with Crippen LogP contribution in [0.1, 0.15) is 24.3 Å². The zero-order valence-electron chi connectivity index (χ0n) is 15.0. The average molecular weight is 366 g/mol. The molecule has 0 spiro atoms. The molecule has 0 saturated heterocycles. The van der Waals surface area contributed by atoms with Crippen molar-refractivity contribution >= 4 is 11.9 Å². The lowest BCUT2D eigenvalue weighted by atomic mass is 9.89. The Bertz CT molecular complexity index is 607. The Balaban J connectivity index is 1.66. The molecule has 1 amide bonds. The van der Waals surface area contributed by atoms with Gasteiger partial charge in [0.1, 0.15) is 11.5 Å². The van der Waals surface area contributed by atoms with Gasteiger partial charge in [0, 0.05) is 45.1 Å². The smallest absolute Gasteiger partial charge is 0.311 e. The second kappa shape index (κ2) is 10.7. The van der Waals surface area contributed by atoms with Gasteiger partial charge in [-0.1, -0.05) is 6.07 Å². The molecule has 1 aromatic rings. The van der Waals surface area contributed by atoms with Gasteiger partial charge < -0.3 is 30.0 Å². The van der Waals surface area contributed by atoms with Crippen molar-refractivity contribution in [3.05, 3.63) is 23.8 Å². The number of phenols is 1. The first-order chi connectivity index (χ1) is 12.6. The molecule has 1 aliphatic rings. The lowest BCUT2D eigenvalue weighted by Gasteiger charge is -2.24. The quantitative estimate of drug-likeness (QED) is 0.298. The summed E-state index contributed by atoms with van der Waals surface area (Å²) in [5.41, 5.74) is 0.767. The number of methoxy groups -OCH3 is 1. The third-order valence-corrected chi connectivity index (χ3v) is 3.98. The highest BCUT2D eigenvalue weighted by molar-refractivity contribution is 5.81. The van der Waals surface area contributed by atoms with Gasteiger partial charge in [0.15, 0.2) is 0 Å². The number of ether oxygens (including phenoxy) is 3. The second-order valence-electron chi connectivity index (χ2n) is 6.01. The zero-order valence-corrected chi connectivity index (χ0v) is 15.0. The maximum Gasteiger partial charge on any atom is 0.311 e. The lowest BCUT2D eigenvalue weighted by Crippen LogP contribution is -2.34. The fourth-order valence-corrected chi connectivity index (χ4v) is 2.71. The fraction of sp³-hybridized carbons (Fsp3) is 0.556. The number of nitrogens with one attached hydrogen (secondary N) is 2. The largest absolute Gasteiger partial charge is 0.508 e. The van der Waals surface area contributed by atoms with Crippen LogP contribution in [0, 0.1) is 0 Å². The molecule has 2 rings (SSSR count). The average Bonchev–Trinajstić information content (AvgIpc) is 2.59. The molecule has 26 heavy (non-hydrogen) atoms. The van der Waals surface area contributed by atoms with Crippen molar-refractivity contribution in [1.29, 1.82) is 0 Å². The first-order valence-corrected chi connectivity index (χ1v) is 8.68. The van der Waals surface area contributed by atoms with Gasteiger partial charge in [0.05, 0.1) is 26.2 Å². The molecule has 0 bridgehead atoms. The molecule has 0 radical (unpaired) electrons. The summed E-state index contributed by atoms with van der Waals surface area (Å²) in [5.74, 6) is -0.403. The summed E-state index contributed by atoms with van der Waals surface area (Å²) < 4.78 is 15.3. The maximum absolute atomic E-state index is 12.1. The predicted octanol–water partition coefficient (Wildman–Crippen LogP) is 0.544. The highest BCUT2D eigenvalue weighted by Gasteiger charge is 2.29. The molecular formula is C18H26N2O6. The van der Waals surface area contributed by atoms with E-state index in [4.69, 9.17) is 14.2 Å². The maximum atomic E-state index is 12.1. The van der Waals surface area contributed by atoms with E-state index in [9.17, 15) is 14.7 Å². The van der Waals surface area contributed by atoms with E-state index < -0.39 is 5.97 Å². The molecule has 1 aliphatic heterocycles. The number of esters is 1. The Morgan fingerprint density at radius 2 is 2.12 bits per heavy atom. The van der Waals surface area contributed by atoms with Gasteiger partial charge in [-0.3, -0.25) is 9.59 Å². The Kier molecular flexibility index (Phi) is 8.33. The summed E-state index contributed by atoms with van der Waals surface area (Å²) in [6, 6.07) is 4.62. The van der Waals surface area contributed by atoms with Crippen LogP contribution in [0.15, 0.2) is 18.2 Å². The lowest BCUT2D eigenvalue weighted by molar-refractivity contribution is -0.136. The SMILES string of the molecule is COCCOCCNCCNC(=O)CC1CC(=O)Oc2cc(O)ccc21. The van der Waals surface area contributed by atoms with Crippen LogP contribution in [0.5, 0.6) is 11.5 Å². The van der Waals surface area contributed by atoms with Crippen molar-refractivity contribution in [2.45, 2.75) is 18.8 Å². The highest BCUT2D eigenvalue weighted by Crippen LogP contribution is 2.38. The third kappa shape index (κ3) is 6.62. The fourth-order valence-electron chi connectivity index (χ4n) is 2.71. The zero-order chi connectivity index (χ0) is 18.8. The predicted molar refractivity (Wildman–Crippen MR) is 94.3 cm³/mol. The van der Waals surface area contributed by atoms with E-state index in [1.165, 1.54) is 12.1 Å². The van der Waals surface area contributed by atoms with E-state index in [1.54, 1.807) is 13.2 Å². The molecule has 8 nitrogen and oxygen atoms in total. The molecule has 1 aromatic carbocycles. The summed E-state index contributed by atoms with van der Waals surface area (Å²) in [4.78, 5) is 23.8. The minimum Gasteiger partial charge on any atom is -0.508 e. The number of phenolic OH excluding ortho intramolecular Hbond substituents is 1. The highest BCUT2D eigenvalue weighted by atomic mass is 16.5. The molecule has 3 N–H and O–H groups in total. The molecule has 0 aromatic heterocycles. The van der Waals surface area contributed by atoms with E-state index in [2.05, 4.69) is 10.6 Å². The molecule has 1 atom stereocenters. The first-order valence-electron chi connectivity index (χ1n) is 8.68. The Hall–Kier alpha value is -2.16. The van der Waals surface area contributed by atoms with Gasteiger partial charge in [0.2, 0.25) is 5.91 Å². The van der Waals surface area contributed by atoms with E-state index >= 15 is 0 Å². The van der Waals surface area contributed by atoms with Crippen LogP contribution in [-0.4, -0.2) is 63.5 Å². The number of rotatable bonds is 11. The van der Waals surface area contributed by atoms with Crippen molar-refractivity contribution in [1.82, 2.24) is 10.6 Å². The number of carbonyl (C=O) groups is 2. The summed E-state index contributed by atoms with van der Waals surface area (Å²) in [5, 5.41) is 15.5. The van der Waals surface area contributed by atoms with E-state index in [-0.39, 0.29) is 30.4 Å². The minimum atomic E-state index is -0.393. The Morgan fingerprint density at radius 3 is 2.92 bits per heavy atom. The van der Waals surface area contributed by atoms with Crippen molar-refractivity contribution in [2.75, 3.05) is 46.6 Å². The van der Waals surface area contributed by atoms with Crippen LogP contribution in [0.3, 0.4) is 0 Å².